The first-order valence-corrected chi connectivity index (χ1v) is 12.6. The third-order valence-corrected chi connectivity index (χ3v) is 7.03. The second-order valence-electron chi connectivity index (χ2n) is 9.20. The average molecular weight is 509 g/mol. The van der Waals surface area contributed by atoms with Gasteiger partial charge in [0.15, 0.2) is 0 Å². The van der Waals surface area contributed by atoms with Crippen LogP contribution in [0, 0.1) is 0 Å². The van der Waals surface area contributed by atoms with Gasteiger partial charge in [-0.15, -0.1) is 0 Å². The van der Waals surface area contributed by atoms with Crippen molar-refractivity contribution in [3.63, 3.8) is 0 Å². The molecule has 0 unspecified atom stereocenters. The van der Waals surface area contributed by atoms with E-state index in [1.807, 2.05) is 20.8 Å². The normalized spacial score (nSPS) is 12.8. The number of para-hydroxylation sites is 1. The average Bonchev–Trinajstić information content (AvgIpc) is 2.74. The van der Waals surface area contributed by atoms with Gasteiger partial charge in [-0.25, -0.2) is 4.31 Å². The highest BCUT2D eigenvalue weighted by molar-refractivity contribution is 7.90. The zero-order chi connectivity index (χ0) is 25.7. The van der Waals surface area contributed by atoms with Gasteiger partial charge < -0.3 is 10.2 Å². The molecule has 2 aromatic rings. The summed E-state index contributed by atoms with van der Waals surface area (Å²) in [5, 5.41) is 3.38. The molecule has 1 N–H and O–H groups in total. The molecule has 186 valence electrons. The Kier molecular flexibility index (Phi) is 9.10. The summed E-state index contributed by atoms with van der Waals surface area (Å²) < 4.78 is 28.2. The molecular weight excluding hydrogens is 476 g/mol. The minimum absolute atomic E-state index is 0.0861. The number of benzene rings is 2. The summed E-state index contributed by atoms with van der Waals surface area (Å²) in [6.45, 7) is 6.78. The van der Waals surface area contributed by atoms with E-state index in [1.54, 1.807) is 61.5 Å². The lowest BCUT2D eigenvalue weighted by Gasteiger charge is -2.34. The lowest BCUT2D eigenvalue weighted by molar-refractivity contribution is -0.140. The van der Waals surface area contributed by atoms with Gasteiger partial charge in [-0.3, -0.25) is 9.59 Å². The van der Waals surface area contributed by atoms with Crippen LogP contribution in [0.4, 0.5) is 5.69 Å². The van der Waals surface area contributed by atoms with Crippen LogP contribution in [0.5, 0.6) is 0 Å². The molecule has 0 heterocycles. The van der Waals surface area contributed by atoms with Gasteiger partial charge in [-0.2, -0.15) is 12.7 Å². The first kappa shape index (κ1) is 27.6. The maximum absolute atomic E-state index is 13.6. The standard InChI is InChI=1S/C24H33ClN4O4S/c1-18(23(31)26-24(2,3)4)28(16-19-11-10-12-20(25)15-19)22(30)17-29(34(32,33)27(5)6)21-13-8-7-9-14-21/h7-15,18H,16-17H2,1-6H3,(H,26,31)/t18-/m0/s1. The summed E-state index contributed by atoms with van der Waals surface area (Å²) in [5.74, 6) is -0.865. The molecule has 0 spiro atoms. The van der Waals surface area contributed by atoms with Crippen LogP contribution < -0.4 is 9.62 Å². The summed E-state index contributed by atoms with van der Waals surface area (Å²) in [4.78, 5) is 27.9. The van der Waals surface area contributed by atoms with Gasteiger partial charge in [-0.05, 0) is 57.5 Å². The van der Waals surface area contributed by atoms with Crippen molar-refractivity contribution in [2.24, 2.45) is 0 Å². The summed E-state index contributed by atoms with van der Waals surface area (Å²) >= 11 is 6.12. The summed E-state index contributed by atoms with van der Waals surface area (Å²) in [6.07, 6.45) is 0. The van der Waals surface area contributed by atoms with Crippen LogP contribution in [0.1, 0.15) is 33.3 Å². The maximum atomic E-state index is 13.6. The van der Waals surface area contributed by atoms with Gasteiger partial charge in [0.05, 0.1) is 5.69 Å². The molecule has 34 heavy (non-hydrogen) atoms. The fourth-order valence-electron chi connectivity index (χ4n) is 3.20. The number of hydrogen-bond acceptors (Lipinski definition) is 4. The van der Waals surface area contributed by atoms with E-state index in [1.165, 1.54) is 19.0 Å². The Hall–Kier alpha value is -2.62. The molecule has 2 rings (SSSR count). The third-order valence-electron chi connectivity index (χ3n) is 4.97. The van der Waals surface area contributed by atoms with Gasteiger partial charge >= 0.3 is 10.2 Å². The monoisotopic (exact) mass is 508 g/mol. The molecule has 0 aliphatic rings. The van der Waals surface area contributed by atoms with Gasteiger partial charge in [-0.1, -0.05) is 41.9 Å². The number of carbonyl (C=O) groups excluding carboxylic acids is 2. The summed E-state index contributed by atoms with van der Waals surface area (Å²) in [7, 11) is -1.17. The predicted octanol–water partition coefficient (Wildman–Crippen LogP) is 3.28. The maximum Gasteiger partial charge on any atom is 0.304 e. The number of nitrogens with one attached hydrogen (secondary N) is 1. The molecule has 8 nitrogen and oxygen atoms in total. The Bertz CT molecular complexity index is 1100. The number of nitrogens with zero attached hydrogens (tertiary/aromatic N) is 3. The minimum atomic E-state index is -3.98. The van der Waals surface area contributed by atoms with Crippen molar-refractivity contribution in [3.05, 3.63) is 65.2 Å². The molecule has 0 radical (unpaired) electrons. The molecule has 2 aromatic carbocycles. The summed E-state index contributed by atoms with van der Waals surface area (Å²) in [5.41, 5.74) is 0.567. The predicted molar refractivity (Wildman–Crippen MR) is 136 cm³/mol. The molecule has 10 heteroatoms. The van der Waals surface area contributed by atoms with E-state index in [9.17, 15) is 18.0 Å². The second-order valence-corrected chi connectivity index (χ2v) is 11.7. The Balaban J connectivity index is 2.44. The highest BCUT2D eigenvalue weighted by Gasteiger charge is 2.33. The quantitative estimate of drug-likeness (QED) is 0.562. The van der Waals surface area contributed by atoms with Gasteiger partial charge in [0, 0.05) is 31.2 Å². The Morgan fingerprint density at radius 3 is 2.18 bits per heavy atom. The smallest absolute Gasteiger partial charge is 0.304 e. The van der Waals surface area contributed by atoms with E-state index in [0.29, 0.717) is 10.7 Å². The summed E-state index contributed by atoms with van der Waals surface area (Å²) in [6, 6.07) is 14.5. The number of halogens is 1. The third kappa shape index (κ3) is 7.44. The van der Waals surface area contributed by atoms with Crippen LogP contribution in [0.15, 0.2) is 54.6 Å². The zero-order valence-electron chi connectivity index (χ0n) is 20.4. The van der Waals surface area contributed by atoms with E-state index in [0.717, 1.165) is 14.2 Å². The van der Waals surface area contributed by atoms with Crippen molar-refractivity contribution in [1.29, 1.82) is 0 Å². The minimum Gasteiger partial charge on any atom is -0.350 e. The molecule has 0 bridgehead atoms. The first-order valence-electron chi connectivity index (χ1n) is 10.8. The van der Waals surface area contributed by atoms with Crippen LogP contribution in [0.3, 0.4) is 0 Å². The lowest BCUT2D eigenvalue weighted by Crippen LogP contribution is -2.54. The van der Waals surface area contributed by atoms with Crippen LogP contribution in [-0.4, -0.2) is 61.7 Å². The zero-order valence-corrected chi connectivity index (χ0v) is 22.0. The first-order chi connectivity index (χ1) is 15.7. The molecule has 0 saturated heterocycles. The van der Waals surface area contributed by atoms with Crippen molar-refractivity contribution in [1.82, 2.24) is 14.5 Å². The van der Waals surface area contributed by atoms with Crippen molar-refractivity contribution in [3.8, 4) is 0 Å². The molecule has 0 saturated carbocycles. The SMILES string of the molecule is C[C@@H](C(=O)NC(C)(C)C)N(Cc1cccc(Cl)c1)C(=O)CN(c1ccccc1)S(=O)(=O)N(C)C. The number of anilines is 1. The fraction of sp³-hybridized carbons (Fsp3) is 0.417. The number of hydrogen-bond donors (Lipinski definition) is 1. The molecular formula is C24H33ClN4O4S. The van der Waals surface area contributed by atoms with Gasteiger partial charge in [0.2, 0.25) is 11.8 Å². The van der Waals surface area contributed by atoms with Crippen molar-refractivity contribution in [2.75, 3.05) is 24.9 Å². The molecule has 1 atom stereocenters. The molecule has 0 aliphatic carbocycles. The van der Waals surface area contributed by atoms with Crippen LogP contribution >= 0.6 is 11.6 Å². The Morgan fingerprint density at radius 2 is 1.65 bits per heavy atom. The van der Waals surface area contributed by atoms with Crippen LogP contribution in [-0.2, 0) is 26.3 Å². The van der Waals surface area contributed by atoms with Crippen molar-refractivity contribution >= 4 is 39.3 Å². The van der Waals surface area contributed by atoms with E-state index < -0.39 is 34.2 Å². The van der Waals surface area contributed by atoms with Crippen LogP contribution in [0.2, 0.25) is 5.02 Å². The molecule has 0 aliphatic heterocycles. The van der Waals surface area contributed by atoms with E-state index in [2.05, 4.69) is 5.32 Å². The highest BCUT2D eigenvalue weighted by atomic mass is 35.5. The number of amides is 2. The largest absolute Gasteiger partial charge is 0.350 e. The van der Waals surface area contributed by atoms with E-state index >= 15 is 0 Å². The van der Waals surface area contributed by atoms with Gasteiger partial charge in [0.1, 0.15) is 12.6 Å². The van der Waals surface area contributed by atoms with Gasteiger partial charge in [0.25, 0.3) is 0 Å². The molecule has 0 aromatic heterocycles. The van der Waals surface area contributed by atoms with E-state index in [-0.39, 0.29) is 12.5 Å². The lowest BCUT2D eigenvalue weighted by atomic mass is 10.1. The Labute approximate surface area is 207 Å². The van der Waals surface area contributed by atoms with Crippen molar-refractivity contribution in [2.45, 2.75) is 45.8 Å². The fourth-order valence-corrected chi connectivity index (χ4v) is 4.47. The Morgan fingerprint density at radius 1 is 1.03 bits per heavy atom. The van der Waals surface area contributed by atoms with E-state index in [4.69, 9.17) is 11.6 Å². The highest BCUT2D eigenvalue weighted by Crippen LogP contribution is 2.21. The van der Waals surface area contributed by atoms with Crippen LogP contribution in [0.25, 0.3) is 0 Å². The number of rotatable bonds is 9. The second kappa shape index (κ2) is 11.2. The molecule has 2 amide bonds. The topological polar surface area (TPSA) is 90.0 Å². The molecule has 0 fully saturated rings. The number of carbonyl (C=O) groups is 2. The van der Waals surface area contributed by atoms with Crippen molar-refractivity contribution < 1.29 is 18.0 Å².